The highest BCUT2D eigenvalue weighted by Gasteiger charge is 2.46. The lowest BCUT2D eigenvalue weighted by Crippen LogP contribution is -2.50. The Morgan fingerprint density at radius 2 is 1.07 bits per heavy atom. The number of amides is 1. The minimum atomic E-state index is -0.452. The van der Waals surface area contributed by atoms with Gasteiger partial charge in [0.2, 0.25) is 0 Å². The van der Waals surface area contributed by atoms with Gasteiger partial charge in [-0.1, -0.05) is 48.8 Å². The number of nitrogens with one attached hydrogen (secondary N) is 1. The molecule has 4 aliphatic heterocycles. The third-order valence-corrected chi connectivity index (χ3v) is 14.2. The van der Waals surface area contributed by atoms with Crippen LogP contribution in [0.5, 0.6) is 0 Å². The van der Waals surface area contributed by atoms with E-state index in [0.29, 0.717) is 48.5 Å². The molecule has 8 fully saturated rings. The predicted octanol–water partition coefficient (Wildman–Crippen LogP) is 10.4. The van der Waals surface area contributed by atoms with Crippen molar-refractivity contribution in [3.63, 3.8) is 0 Å². The van der Waals surface area contributed by atoms with Crippen molar-refractivity contribution in [2.45, 2.75) is 241 Å². The molecule has 4 saturated heterocycles. The van der Waals surface area contributed by atoms with E-state index >= 15 is 0 Å². The number of carbonyl (C=O) groups is 1. The molecule has 10 rings (SSSR count). The third kappa shape index (κ3) is 9.01. The molecule has 6 atom stereocenters. The molecule has 4 aliphatic carbocycles. The number of aromatic nitrogens is 2. The normalized spacial score (nSPS) is 31.4. The molecule has 304 valence electrons. The van der Waals surface area contributed by atoms with Crippen molar-refractivity contribution in [3.8, 4) is 0 Å². The number of ether oxygens (including phenoxy) is 3. The highest BCUT2D eigenvalue weighted by molar-refractivity contribution is 5.69. The van der Waals surface area contributed by atoms with Crippen LogP contribution in [0.3, 0.4) is 0 Å². The van der Waals surface area contributed by atoms with Gasteiger partial charge in [-0.05, 0) is 124 Å². The van der Waals surface area contributed by atoms with Gasteiger partial charge in [-0.2, -0.15) is 0 Å². The second-order valence-electron chi connectivity index (χ2n) is 19.8. The maximum atomic E-state index is 12.7. The van der Waals surface area contributed by atoms with Gasteiger partial charge >= 0.3 is 6.09 Å². The van der Waals surface area contributed by atoms with E-state index < -0.39 is 5.60 Å². The van der Waals surface area contributed by atoms with Gasteiger partial charge in [0.15, 0.2) is 0 Å². The molecule has 2 aromatic rings. The molecule has 0 radical (unpaired) electrons. The molecule has 8 aliphatic rings. The highest BCUT2D eigenvalue weighted by Crippen LogP contribution is 2.47. The molecule has 1 N–H and O–H groups in total. The van der Waals surface area contributed by atoms with Crippen LogP contribution in [-0.2, 0) is 27.4 Å². The fourth-order valence-electron chi connectivity index (χ4n) is 11.1. The molecule has 10 heteroatoms. The Balaban J connectivity index is 0.000000149. The second-order valence-corrected chi connectivity index (χ2v) is 19.8. The fraction of sp³-hybridized carbons (Fsp3) is 0.844. The summed E-state index contributed by atoms with van der Waals surface area (Å²) in [4.78, 5) is 14.7. The smallest absolute Gasteiger partial charge is 0.410 e. The first-order valence-electron chi connectivity index (χ1n) is 22.7. The van der Waals surface area contributed by atoms with Crippen molar-refractivity contribution in [2.75, 3.05) is 0 Å². The molecule has 10 nitrogen and oxygen atoms in total. The van der Waals surface area contributed by atoms with Gasteiger partial charge in [0.05, 0.1) is 36.8 Å². The number of nitrogens with zero attached hydrogens (tertiary/aromatic N) is 3. The van der Waals surface area contributed by atoms with Crippen LogP contribution in [0.2, 0.25) is 0 Å². The molecule has 4 unspecified atom stereocenters. The standard InChI is InChI=1S/C25H38N2O4.C20H30N2O2/c1-25(2,3)30-24(28)27-18-11-12-19(27)14-20(13-18)29-15-21-22(16-7-5-4-6-8-16)26-31-23(21)17-9-10-17;1-2-4-13(5-3-1)19-18(20(24-22-19)14-6-7-14)12-23-17-10-15-8-9-16(11-17)21-15/h16-20H,4-15H2,1-3H3;13-17,21H,1-12H2/t18-,19?,20?;15-,16?,17?/m00/s1. The van der Waals surface area contributed by atoms with Crippen molar-refractivity contribution in [1.29, 1.82) is 0 Å². The van der Waals surface area contributed by atoms with Gasteiger partial charge in [0.25, 0.3) is 0 Å². The fourth-order valence-corrected chi connectivity index (χ4v) is 11.1. The topological polar surface area (TPSA) is 112 Å². The van der Waals surface area contributed by atoms with Gasteiger partial charge in [0, 0.05) is 59.0 Å². The van der Waals surface area contributed by atoms with E-state index in [-0.39, 0.29) is 24.3 Å². The number of rotatable bonds is 10. The average Bonchev–Trinajstić information content (AvgIpc) is 4.08. The Bertz CT molecular complexity index is 1570. The Labute approximate surface area is 328 Å². The summed E-state index contributed by atoms with van der Waals surface area (Å²) in [6.07, 6.45) is 27.4. The van der Waals surface area contributed by atoms with Crippen molar-refractivity contribution in [2.24, 2.45) is 0 Å². The van der Waals surface area contributed by atoms with Crippen LogP contribution in [0.15, 0.2) is 9.05 Å². The highest BCUT2D eigenvalue weighted by atomic mass is 16.6. The first-order valence-corrected chi connectivity index (χ1v) is 22.7. The second kappa shape index (κ2) is 16.4. The molecule has 0 spiro atoms. The van der Waals surface area contributed by atoms with Crippen molar-refractivity contribution in [3.05, 3.63) is 34.0 Å². The van der Waals surface area contributed by atoms with E-state index in [1.54, 1.807) is 0 Å². The Morgan fingerprint density at radius 1 is 0.618 bits per heavy atom. The van der Waals surface area contributed by atoms with Crippen LogP contribution in [-0.4, -0.2) is 63.3 Å². The molecule has 55 heavy (non-hydrogen) atoms. The van der Waals surface area contributed by atoms with Crippen molar-refractivity contribution >= 4 is 6.09 Å². The summed E-state index contributed by atoms with van der Waals surface area (Å²) >= 11 is 0. The molecule has 2 aromatic heterocycles. The lowest BCUT2D eigenvalue weighted by Gasteiger charge is -2.39. The first-order chi connectivity index (χ1) is 26.8. The van der Waals surface area contributed by atoms with Gasteiger partial charge in [-0.15, -0.1) is 0 Å². The monoisotopic (exact) mass is 761 g/mol. The first kappa shape index (κ1) is 38.1. The summed E-state index contributed by atoms with van der Waals surface area (Å²) in [7, 11) is 0. The summed E-state index contributed by atoms with van der Waals surface area (Å²) in [5.41, 5.74) is 4.54. The van der Waals surface area contributed by atoms with Gasteiger partial charge < -0.3 is 33.5 Å². The minimum Gasteiger partial charge on any atom is -0.444 e. The summed E-state index contributed by atoms with van der Waals surface area (Å²) in [5, 5.41) is 12.8. The molecule has 4 saturated carbocycles. The summed E-state index contributed by atoms with van der Waals surface area (Å²) in [6.45, 7) is 7.14. The molecule has 6 heterocycles. The largest absolute Gasteiger partial charge is 0.444 e. The SMILES string of the molecule is C1CCC(c2noc(C3CC3)c2COC2CC3CC[C@@H](C2)N3)CC1.CC(C)(C)OC(=O)N1C2CC[C@H]1CC(OCc1c(C3CCCCC3)noc1C1CC1)C2. The Morgan fingerprint density at radius 3 is 1.51 bits per heavy atom. The summed E-state index contributed by atoms with van der Waals surface area (Å²) in [6, 6.07) is 1.86. The quantitative estimate of drug-likeness (QED) is 0.253. The zero-order valence-electron chi connectivity index (χ0n) is 34.0. The molecule has 0 aromatic carbocycles. The van der Waals surface area contributed by atoms with Gasteiger partial charge in [0.1, 0.15) is 17.1 Å². The number of hydrogen-bond acceptors (Lipinski definition) is 9. The van der Waals surface area contributed by atoms with Crippen molar-refractivity contribution < 1.29 is 28.1 Å². The lowest BCUT2D eigenvalue weighted by molar-refractivity contribution is -0.0400. The average molecular weight is 761 g/mol. The van der Waals surface area contributed by atoms with Gasteiger partial charge in [-0.3, -0.25) is 0 Å². The third-order valence-electron chi connectivity index (χ3n) is 14.2. The number of carbonyl (C=O) groups excluding carboxylic acids is 1. The van der Waals surface area contributed by atoms with E-state index in [4.69, 9.17) is 23.3 Å². The zero-order valence-corrected chi connectivity index (χ0v) is 34.0. The van der Waals surface area contributed by atoms with E-state index in [2.05, 4.69) is 15.6 Å². The Kier molecular flexibility index (Phi) is 11.4. The molecular formula is C45H68N4O6. The van der Waals surface area contributed by atoms with Crippen LogP contribution in [0, 0.1) is 0 Å². The maximum Gasteiger partial charge on any atom is 0.410 e. The molecule has 1 amide bonds. The minimum absolute atomic E-state index is 0.159. The number of piperidine rings is 2. The zero-order chi connectivity index (χ0) is 37.5. The maximum absolute atomic E-state index is 12.7. The van der Waals surface area contributed by atoms with E-state index in [0.717, 1.165) is 43.8 Å². The predicted molar refractivity (Wildman–Crippen MR) is 209 cm³/mol. The van der Waals surface area contributed by atoms with Crippen LogP contribution >= 0.6 is 0 Å². The van der Waals surface area contributed by atoms with Crippen LogP contribution < -0.4 is 5.32 Å². The van der Waals surface area contributed by atoms with Crippen LogP contribution in [0.25, 0.3) is 0 Å². The lowest BCUT2D eigenvalue weighted by atomic mass is 9.85. The van der Waals surface area contributed by atoms with Crippen LogP contribution in [0.4, 0.5) is 4.79 Å². The molecular weight excluding hydrogens is 693 g/mol. The number of fused-ring (bicyclic) bond motifs is 4. The van der Waals surface area contributed by atoms with E-state index in [1.807, 2.05) is 25.7 Å². The summed E-state index contributed by atoms with van der Waals surface area (Å²) in [5.74, 6) is 4.57. The number of hydrogen-bond donors (Lipinski definition) is 1. The molecule has 4 bridgehead atoms. The van der Waals surface area contributed by atoms with Crippen LogP contribution in [0.1, 0.15) is 220 Å². The Hall–Kier alpha value is -2.43. The van der Waals surface area contributed by atoms with Gasteiger partial charge in [-0.25, -0.2) is 4.79 Å². The van der Waals surface area contributed by atoms with Crippen molar-refractivity contribution in [1.82, 2.24) is 20.5 Å². The van der Waals surface area contributed by atoms with E-state index in [1.165, 1.54) is 138 Å². The summed E-state index contributed by atoms with van der Waals surface area (Å²) < 4.78 is 30.3. The van der Waals surface area contributed by atoms with E-state index in [9.17, 15) is 4.79 Å².